The van der Waals surface area contributed by atoms with Gasteiger partial charge in [-0.2, -0.15) is 0 Å². The van der Waals surface area contributed by atoms with E-state index in [-0.39, 0.29) is 0 Å². The highest BCUT2D eigenvalue weighted by atomic mass is 15.3. The summed E-state index contributed by atoms with van der Waals surface area (Å²) in [6.45, 7) is 8.97. The van der Waals surface area contributed by atoms with Crippen LogP contribution in [0.4, 0.5) is 0 Å². The molecule has 1 fully saturated rings. The van der Waals surface area contributed by atoms with Gasteiger partial charge in [-0.1, -0.05) is 39.0 Å². The minimum absolute atomic E-state index is 0.564. The standard InChI is InChI=1S/C15H33N3/c1-4-5-6-7-8-9-14(2)18-11-10-17(3)13-15(18)12-16/h14-15H,4-13,16H2,1-3H3. The summed E-state index contributed by atoms with van der Waals surface area (Å²) in [5.74, 6) is 0. The number of unbranched alkanes of at least 4 members (excludes halogenated alkanes) is 4. The SMILES string of the molecule is CCCCCCCC(C)N1CCN(C)CC1CN. The third-order valence-electron chi connectivity index (χ3n) is 4.30. The molecular formula is C15H33N3. The molecule has 0 amide bonds. The highest BCUT2D eigenvalue weighted by Crippen LogP contribution is 2.16. The molecule has 2 N–H and O–H groups in total. The molecule has 0 spiro atoms. The topological polar surface area (TPSA) is 32.5 Å². The monoisotopic (exact) mass is 255 g/mol. The molecule has 0 radical (unpaired) electrons. The van der Waals surface area contributed by atoms with Crippen molar-refractivity contribution in [1.29, 1.82) is 0 Å². The fourth-order valence-electron chi connectivity index (χ4n) is 3.02. The van der Waals surface area contributed by atoms with Crippen LogP contribution in [0.25, 0.3) is 0 Å². The highest BCUT2D eigenvalue weighted by molar-refractivity contribution is 4.84. The lowest BCUT2D eigenvalue weighted by atomic mass is 10.0. The van der Waals surface area contributed by atoms with Gasteiger partial charge in [0.2, 0.25) is 0 Å². The molecular weight excluding hydrogens is 222 g/mol. The van der Waals surface area contributed by atoms with Crippen molar-refractivity contribution in [1.82, 2.24) is 9.80 Å². The number of nitrogens with zero attached hydrogens (tertiary/aromatic N) is 2. The van der Waals surface area contributed by atoms with Crippen LogP contribution < -0.4 is 5.73 Å². The van der Waals surface area contributed by atoms with Gasteiger partial charge in [-0.3, -0.25) is 4.90 Å². The molecule has 2 unspecified atom stereocenters. The molecule has 108 valence electrons. The Bertz CT molecular complexity index is 208. The average Bonchev–Trinajstić information content (AvgIpc) is 2.38. The Balaban J connectivity index is 2.24. The first-order valence-electron chi connectivity index (χ1n) is 7.83. The smallest absolute Gasteiger partial charge is 0.0348 e. The number of hydrogen-bond acceptors (Lipinski definition) is 3. The molecule has 1 heterocycles. The van der Waals surface area contributed by atoms with E-state index >= 15 is 0 Å². The molecule has 0 bridgehead atoms. The van der Waals surface area contributed by atoms with Crippen LogP contribution in [0.3, 0.4) is 0 Å². The van der Waals surface area contributed by atoms with Gasteiger partial charge < -0.3 is 10.6 Å². The summed E-state index contributed by atoms with van der Waals surface area (Å²) in [6.07, 6.45) is 8.26. The summed E-state index contributed by atoms with van der Waals surface area (Å²) in [5.41, 5.74) is 5.92. The van der Waals surface area contributed by atoms with Gasteiger partial charge in [0, 0.05) is 38.3 Å². The van der Waals surface area contributed by atoms with Gasteiger partial charge in [0.15, 0.2) is 0 Å². The Kier molecular flexibility index (Phi) is 7.87. The van der Waals surface area contributed by atoms with E-state index in [2.05, 4.69) is 30.7 Å². The number of hydrogen-bond donors (Lipinski definition) is 1. The van der Waals surface area contributed by atoms with Crippen LogP contribution in [0.5, 0.6) is 0 Å². The molecule has 0 aliphatic carbocycles. The summed E-state index contributed by atoms with van der Waals surface area (Å²) < 4.78 is 0. The zero-order valence-electron chi connectivity index (χ0n) is 12.7. The molecule has 3 nitrogen and oxygen atoms in total. The molecule has 1 rings (SSSR count). The fraction of sp³-hybridized carbons (Fsp3) is 1.00. The Morgan fingerprint density at radius 3 is 2.56 bits per heavy atom. The van der Waals surface area contributed by atoms with Crippen LogP contribution in [0.1, 0.15) is 52.4 Å². The van der Waals surface area contributed by atoms with Crippen molar-refractivity contribution in [2.45, 2.75) is 64.5 Å². The average molecular weight is 255 g/mol. The third-order valence-corrected chi connectivity index (χ3v) is 4.30. The molecule has 0 aromatic rings. The van der Waals surface area contributed by atoms with Gasteiger partial charge >= 0.3 is 0 Å². The van der Waals surface area contributed by atoms with Crippen molar-refractivity contribution < 1.29 is 0 Å². The van der Waals surface area contributed by atoms with E-state index in [0.29, 0.717) is 12.1 Å². The number of likely N-dealkylation sites (N-methyl/N-ethyl adjacent to an activating group) is 1. The predicted molar refractivity (Wildman–Crippen MR) is 79.9 cm³/mol. The van der Waals surface area contributed by atoms with Gasteiger partial charge in [0.05, 0.1) is 0 Å². The summed E-state index contributed by atoms with van der Waals surface area (Å²) in [7, 11) is 2.20. The molecule has 1 aliphatic rings. The van der Waals surface area contributed by atoms with Gasteiger partial charge in [0.25, 0.3) is 0 Å². The zero-order valence-corrected chi connectivity index (χ0v) is 12.7. The Hall–Kier alpha value is -0.120. The molecule has 0 saturated carbocycles. The number of piperazine rings is 1. The lowest BCUT2D eigenvalue weighted by Gasteiger charge is -2.43. The first kappa shape index (κ1) is 15.9. The van der Waals surface area contributed by atoms with Crippen molar-refractivity contribution in [3.8, 4) is 0 Å². The summed E-state index contributed by atoms with van der Waals surface area (Å²) in [5, 5.41) is 0. The predicted octanol–water partition coefficient (Wildman–Crippen LogP) is 2.31. The van der Waals surface area contributed by atoms with Gasteiger partial charge in [-0.25, -0.2) is 0 Å². The number of nitrogens with two attached hydrogens (primary N) is 1. The molecule has 2 atom stereocenters. The second kappa shape index (κ2) is 8.89. The maximum Gasteiger partial charge on any atom is 0.0348 e. The van der Waals surface area contributed by atoms with Gasteiger partial charge in [-0.15, -0.1) is 0 Å². The first-order valence-corrected chi connectivity index (χ1v) is 7.83. The van der Waals surface area contributed by atoms with E-state index < -0.39 is 0 Å². The van der Waals surface area contributed by atoms with Gasteiger partial charge in [0.1, 0.15) is 0 Å². The second-order valence-corrected chi connectivity index (χ2v) is 5.94. The van der Waals surface area contributed by atoms with E-state index in [1.54, 1.807) is 0 Å². The Morgan fingerprint density at radius 2 is 1.89 bits per heavy atom. The lowest BCUT2D eigenvalue weighted by Crippen LogP contribution is -2.57. The van der Waals surface area contributed by atoms with E-state index in [9.17, 15) is 0 Å². The molecule has 0 aromatic carbocycles. The van der Waals surface area contributed by atoms with E-state index in [4.69, 9.17) is 5.73 Å². The van der Waals surface area contributed by atoms with Crippen LogP contribution in [-0.4, -0.2) is 55.1 Å². The van der Waals surface area contributed by atoms with Crippen LogP contribution in [0, 0.1) is 0 Å². The molecule has 1 aliphatic heterocycles. The van der Waals surface area contributed by atoms with E-state index in [1.807, 2.05) is 0 Å². The quantitative estimate of drug-likeness (QED) is 0.676. The third kappa shape index (κ3) is 5.25. The van der Waals surface area contributed by atoms with Crippen molar-refractivity contribution in [2.24, 2.45) is 5.73 Å². The summed E-state index contributed by atoms with van der Waals surface area (Å²) in [4.78, 5) is 5.04. The van der Waals surface area contributed by atoms with Crippen molar-refractivity contribution in [3.63, 3.8) is 0 Å². The van der Waals surface area contributed by atoms with Crippen molar-refractivity contribution in [2.75, 3.05) is 33.2 Å². The zero-order chi connectivity index (χ0) is 13.4. The van der Waals surface area contributed by atoms with Crippen LogP contribution in [0.2, 0.25) is 0 Å². The summed E-state index contributed by atoms with van der Waals surface area (Å²) in [6, 6.07) is 1.27. The maximum atomic E-state index is 5.92. The van der Waals surface area contributed by atoms with Crippen LogP contribution in [0.15, 0.2) is 0 Å². The largest absolute Gasteiger partial charge is 0.329 e. The molecule has 1 saturated heterocycles. The van der Waals surface area contributed by atoms with Crippen molar-refractivity contribution in [3.05, 3.63) is 0 Å². The highest BCUT2D eigenvalue weighted by Gasteiger charge is 2.27. The van der Waals surface area contributed by atoms with Crippen LogP contribution in [-0.2, 0) is 0 Å². The Labute approximate surface area is 114 Å². The van der Waals surface area contributed by atoms with Crippen molar-refractivity contribution >= 4 is 0 Å². The lowest BCUT2D eigenvalue weighted by molar-refractivity contribution is 0.0583. The maximum absolute atomic E-state index is 5.92. The van der Waals surface area contributed by atoms with Gasteiger partial charge in [-0.05, 0) is 20.4 Å². The molecule has 0 aromatic heterocycles. The van der Waals surface area contributed by atoms with Crippen LogP contribution >= 0.6 is 0 Å². The van der Waals surface area contributed by atoms with E-state index in [1.165, 1.54) is 51.6 Å². The van der Waals surface area contributed by atoms with E-state index in [0.717, 1.165) is 13.1 Å². The normalized spacial score (nSPS) is 24.3. The Morgan fingerprint density at radius 1 is 1.17 bits per heavy atom. The fourth-order valence-corrected chi connectivity index (χ4v) is 3.02. The second-order valence-electron chi connectivity index (χ2n) is 5.94. The minimum atomic E-state index is 0.564. The summed E-state index contributed by atoms with van der Waals surface area (Å²) >= 11 is 0. The first-order chi connectivity index (χ1) is 8.69. The molecule has 3 heteroatoms. The minimum Gasteiger partial charge on any atom is -0.329 e. The molecule has 18 heavy (non-hydrogen) atoms. The number of rotatable bonds is 8.